The fraction of sp³-hybridized carbons (Fsp3) is 0.500. The number of fused-ring (bicyclic) bond motifs is 2. The Morgan fingerprint density at radius 2 is 2.05 bits per heavy atom. The van der Waals surface area contributed by atoms with Crippen molar-refractivity contribution >= 4 is 17.6 Å². The molecule has 0 aliphatic carbocycles. The lowest BCUT2D eigenvalue weighted by molar-refractivity contribution is -0.128. The molecule has 5 rings (SSSR count). The minimum absolute atomic E-state index is 0.0497. The molecule has 42 heavy (non-hydrogen) atoms. The summed E-state index contributed by atoms with van der Waals surface area (Å²) >= 11 is 0. The maximum absolute atomic E-state index is 16.3. The van der Waals surface area contributed by atoms with Crippen molar-refractivity contribution in [2.24, 2.45) is 0 Å². The van der Waals surface area contributed by atoms with Gasteiger partial charge in [0.2, 0.25) is 5.91 Å². The smallest absolute Gasteiger partial charge is 0.262 e. The number of phenolic OH excluding ortho intramolecular Hbond substituents is 1. The zero-order valence-corrected chi connectivity index (χ0v) is 24.4. The number of benzene rings is 1. The molecule has 12 heteroatoms. The van der Waals surface area contributed by atoms with Crippen molar-refractivity contribution in [3.8, 4) is 22.8 Å². The molecule has 2 amide bonds. The number of phenols is 1. The third kappa shape index (κ3) is 5.17. The number of hydrogen-bond donors (Lipinski definition) is 1. The first-order valence-electron chi connectivity index (χ1n) is 14.0. The molecule has 226 valence electrons. The number of likely N-dealkylation sites (N-methyl/N-ethyl adjacent to an activating group) is 1. The quantitative estimate of drug-likeness (QED) is 0.496. The average Bonchev–Trinajstić information content (AvgIpc) is 3.20. The van der Waals surface area contributed by atoms with E-state index in [2.05, 4.69) is 16.5 Å². The van der Waals surface area contributed by atoms with Gasteiger partial charge in [-0.05, 0) is 45.5 Å². The molecule has 2 aromatic rings. The van der Waals surface area contributed by atoms with Gasteiger partial charge in [0.25, 0.3) is 5.91 Å². The molecule has 2 fully saturated rings. The SMILES string of the molecule is C=CC(=O)N1CCN2C(=O)c3c(N4CC(N(C)CCOC)CC4(C)C)nc(-c4c(O)cccc4F)c(F)c3OC[C@H]2C1. The molecular formula is C30H37F2N5O5. The summed E-state index contributed by atoms with van der Waals surface area (Å²) in [5.74, 6) is -3.31. The molecule has 2 atom stereocenters. The Morgan fingerprint density at radius 3 is 2.74 bits per heavy atom. The number of piperazine rings is 1. The van der Waals surface area contributed by atoms with Gasteiger partial charge in [-0.15, -0.1) is 0 Å². The van der Waals surface area contributed by atoms with Crippen LogP contribution in [0.25, 0.3) is 11.3 Å². The molecule has 0 saturated carbocycles. The molecule has 0 radical (unpaired) electrons. The van der Waals surface area contributed by atoms with Gasteiger partial charge in [0.1, 0.15) is 35.2 Å². The number of amides is 2. The number of carbonyl (C=O) groups is 2. The van der Waals surface area contributed by atoms with Crippen molar-refractivity contribution in [3.63, 3.8) is 0 Å². The second-order valence-corrected chi connectivity index (χ2v) is 11.6. The van der Waals surface area contributed by atoms with Crippen LogP contribution in [0.15, 0.2) is 30.9 Å². The molecule has 3 aliphatic heterocycles. The summed E-state index contributed by atoms with van der Waals surface area (Å²) in [5.41, 5.74) is -1.43. The molecule has 0 spiro atoms. The van der Waals surface area contributed by atoms with Crippen molar-refractivity contribution in [1.82, 2.24) is 19.7 Å². The zero-order chi connectivity index (χ0) is 30.3. The van der Waals surface area contributed by atoms with Gasteiger partial charge in [-0.3, -0.25) is 14.5 Å². The van der Waals surface area contributed by atoms with Crippen LogP contribution in [0, 0.1) is 11.6 Å². The molecule has 1 N–H and O–H groups in total. The van der Waals surface area contributed by atoms with Crippen LogP contribution >= 0.6 is 0 Å². The Hall–Kier alpha value is -3.77. The van der Waals surface area contributed by atoms with Crippen LogP contribution in [0.3, 0.4) is 0 Å². The second-order valence-electron chi connectivity index (χ2n) is 11.6. The van der Waals surface area contributed by atoms with Crippen molar-refractivity contribution < 1.29 is 33.0 Å². The number of aromatic nitrogens is 1. The first-order valence-corrected chi connectivity index (χ1v) is 14.0. The van der Waals surface area contributed by atoms with Gasteiger partial charge in [0.05, 0.1) is 18.2 Å². The van der Waals surface area contributed by atoms with Crippen LogP contribution in [0.5, 0.6) is 11.5 Å². The van der Waals surface area contributed by atoms with Gasteiger partial charge in [0, 0.05) is 51.4 Å². The van der Waals surface area contributed by atoms with Gasteiger partial charge >= 0.3 is 0 Å². The lowest BCUT2D eigenvalue weighted by Crippen LogP contribution is -2.57. The monoisotopic (exact) mass is 585 g/mol. The first kappa shape index (κ1) is 29.7. The topological polar surface area (TPSA) is 98.7 Å². The van der Waals surface area contributed by atoms with Gasteiger partial charge in [-0.2, -0.15) is 0 Å². The number of carbonyl (C=O) groups excluding carboxylic acids is 2. The molecule has 2 saturated heterocycles. The van der Waals surface area contributed by atoms with E-state index in [0.717, 1.165) is 6.07 Å². The number of hydrogen-bond acceptors (Lipinski definition) is 8. The van der Waals surface area contributed by atoms with Crippen molar-refractivity contribution in [2.75, 3.05) is 65.0 Å². The largest absolute Gasteiger partial charge is 0.507 e. The van der Waals surface area contributed by atoms with Crippen LogP contribution in [-0.4, -0.2) is 114 Å². The summed E-state index contributed by atoms with van der Waals surface area (Å²) in [4.78, 5) is 38.4. The van der Waals surface area contributed by atoms with E-state index in [4.69, 9.17) is 9.47 Å². The predicted molar refractivity (Wildman–Crippen MR) is 153 cm³/mol. The van der Waals surface area contributed by atoms with Crippen molar-refractivity contribution in [1.29, 1.82) is 0 Å². The molecule has 4 heterocycles. The highest BCUT2D eigenvalue weighted by molar-refractivity contribution is 6.03. The molecule has 1 aromatic heterocycles. The Balaban J connectivity index is 1.65. The Kier molecular flexibility index (Phi) is 8.13. The highest BCUT2D eigenvalue weighted by Gasteiger charge is 2.46. The van der Waals surface area contributed by atoms with E-state index >= 15 is 8.78 Å². The molecule has 10 nitrogen and oxygen atoms in total. The summed E-state index contributed by atoms with van der Waals surface area (Å²) in [7, 11) is 3.63. The molecule has 3 aliphatic rings. The van der Waals surface area contributed by atoms with Crippen LogP contribution in [0.2, 0.25) is 0 Å². The molecule has 1 aromatic carbocycles. The van der Waals surface area contributed by atoms with Crippen LogP contribution in [0.4, 0.5) is 14.6 Å². The van der Waals surface area contributed by atoms with Crippen LogP contribution in [0.1, 0.15) is 30.6 Å². The number of anilines is 1. The number of pyridine rings is 1. The van der Waals surface area contributed by atoms with Crippen molar-refractivity contribution in [2.45, 2.75) is 37.9 Å². The fourth-order valence-electron chi connectivity index (χ4n) is 6.18. The summed E-state index contributed by atoms with van der Waals surface area (Å²) in [6.45, 7) is 9.87. The minimum Gasteiger partial charge on any atom is -0.507 e. The van der Waals surface area contributed by atoms with E-state index in [1.165, 1.54) is 18.2 Å². The number of aromatic hydroxyl groups is 1. The third-order valence-electron chi connectivity index (χ3n) is 8.55. The van der Waals surface area contributed by atoms with Gasteiger partial charge < -0.3 is 29.3 Å². The third-order valence-corrected chi connectivity index (χ3v) is 8.55. The molecular weight excluding hydrogens is 548 g/mol. The second kappa shape index (κ2) is 11.5. The Bertz CT molecular complexity index is 1380. The maximum atomic E-state index is 16.3. The molecule has 1 unspecified atom stereocenters. The first-order chi connectivity index (χ1) is 20.0. The van der Waals surface area contributed by atoms with Crippen LogP contribution in [-0.2, 0) is 9.53 Å². The maximum Gasteiger partial charge on any atom is 0.262 e. The van der Waals surface area contributed by atoms with Gasteiger partial charge in [-0.1, -0.05) is 12.6 Å². The highest BCUT2D eigenvalue weighted by atomic mass is 19.1. The summed E-state index contributed by atoms with van der Waals surface area (Å²) < 4.78 is 42.7. The molecule has 0 bridgehead atoms. The van der Waals surface area contributed by atoms with E-state index in [1.54, 1.807) is 16.9 Å². The van der Waals surface area contributed by atoms with Gasteiger partial charge in [0.15, 0.2) is 11.6 Å². The predicted octanol–water partition coefficient (Wildman–Crippen LogP) is 2.90. The van der Waals surface area contributed by atoms with Crippen LogP contribution < -0.4 is 9.64 Å². The normalized spacial score (nSPS) is 21.6. The van der Waals surface area contributed by atoms with E-state index in [0.29, 0.717) is 26.1 Å². The number of rotatable bonds is 7. The minimum atomic E-state index is -1.04. The van der Waals surface area contributed by atoms with E-state index in [1.807, 2.05) is 25.8 Å². The highest BCUT2D eigenvalue weighted by Crippen LogP contribution is 2.45. The fourth-order valence-corrected chi connectivity index (χ4v) is 6.18. The zero-order valence-electron chi connectivity index (χ0n) is 24.4. The summed E-state index contributed by atoms with van der Waals surface area (Å²) in [6.07, 6.45) is 1.93. The number of ether oxygens (including phenoxy) is 2. The number of nitrogens with zero attached hydrogens (tertiary/aromatic N) is 5. The lowest BCUT2D eigenvalue weighted by atomic mass is 9.98. The lowest BCUT2D eigenvalue weighted by Gasteiger charge is -2.40. The summed E-state index contributed by atoms with van der Waals surface area (Å²) in [5, 5.41) is 10.6. The summed E-state index contributed by atoms with van der Waals surface area (Å²) in [6, 6.07) is 3.20. The number of methoxy groups -OCH3 is 1. The Morgan fingerprint density at radius 1 is 1.29 bits per heavy atom. The van der Waals surface area contributed by atoms with Crippen molar-refractivity contribution in [3.05, 3.63) is 48.1 Å². The number of halogens is 2. The van der Waals surface area contributed by atoms with Gasteiger partial charge in [-0.25, -0.2) is 13.8 Å². The average molecular weight is 586 g/mol. The van der Waals surface area contributed by atoms with E-state index < -0.39 is 46.1 Å². The van der Waals surface area contributed by atoms with E-state index in [-0.39, 0.29) is 55.3 Å². The Labute approximate surface area is 244 Å². The standard InChI is InChI=1S/C30H37F2N5O5/c1-6-22(39)35-10-11-36-19(15-35)17-42-27-24(29(36)40)28(33-26(25(27)32)23-20(31)8-7-9-21(23)38)37-16-18(14-30(37,2)3)34(4)12-13-41-5/h6-9,18-19,38H,1,10-17H2,2-5H3/t18?,19-/m1/s1. The van der Waals surface area contributed by atoms with E-state index in [9.17, 15) is 14.7 Å².